The van der Waals surface area contributed by atoms with Crippen molar-refractivity contribution < 1.29 is 9.47 Å². The smallest absolute Gasteiger partial charge is 0.161 e. The third kappa shape index (κ3) is 4.19. The monoisotopic (exact) mass is 407 g/mol. The summed E-state index contributed by atoms with van der Waals surface area (Å²) in [7, 11) is 3.16. The summed E-state index contributed by atoms with van der Waals surface area (Å²) in [5.74, 6) is 1.19. The summed E-state index contributed by atoms with van der Waals surface area (Å²) < 4.78 is 12.5. The minimum absolute atomic E-state index is 0.505. The number of nitrogens with zero attached hydrogens (tertiary/aromatic N) is 3. The summed E-state index contributed by atoms with van der Waals surface area (Å²) in [5.41, 5.74) is 4.83. The molecular weight excluding hydrogens is 386 g/mol. The van der Waals surface area contributed by atoms with E-state index in [1.165, 1.54) is 0 Å². The first-order valence-electron chi connectivity index (χ1n) is 9.78. The van der Waals surface area contributed by atoms with Gasteiger partial charge in [-0.15, -0.1) is 0 Å². The fraction of sp³-hybridized carbons (Fsp3) is 0.0769. The molecule has 0 fully saturated rings. The van der Waals surface area contributed by atoms with Gasteiger partial charge in [0.1, 0.15) is 0 Å². The number of methoxy groups -OCH3 is 2. The number of para-hydroxylation sites is 1. The second-order valence-corrected chi connectivity index (χ2v) is 6.82. The van der Waals surface area contributed by atoms with Gasteiger partial charge < -0.3 is 9.47 Å². The maximum atomic E-state index is 9.90. The first-order valence-corrected chi connectivity index (χ1v) is 9.78. The van der Waals surface area contributed by atoms with Crippen LogP contribution >= 0.6 is 0 Å². The molecule has 0 aliphatic heterocycles. The van der Waals surface area contributed by atoms with Crippen LogP contribution in [0.15, 0.2) is 85.1 Å². The average Bonchev–Trinajstić information content (AvgIpc) is 3.27. The molecule has 152 valence electrons. The van der Waals surface area contributed by atoms with Gasteiger partial charge in [0.15, 0.2) is 11.5 Å². The zero-order valence-corrected chi connectivity index (χ0v) is 17.3. The first-order chi connectivity index (χ1) is 15.2. The van der Waals surface area contributed by atoms with E-state index in [0.29, 0.717) is 17.1 Å². The molecule has 3 aromatic carbocycles. The van der Waals surface area contributed by atoms with E-state index >= 15 is 0 Å². The Morgan fingerprint density at radius 2 is 1.58 bits per heavy atom. The van der Waals surface area contributed by atoms with Crippen molar-refractivity contribution in [3.63, 3.8) is 0 Å². The SMILES string of the molecule is COc1ccc(/C(C#N)=C/c2cn(-c3ccccc3)nc2-c2ccccc2)cc1OC. The van der Waals surface area contributed by atoms with Crippen LogP contribution in [0.2, 0.25) is 0 Å². The van der Waals surface area contributed by atoms with E-state index in [0.717, 1.165) is 28.1 Å². The van der Waals surface area contributed by atoms with Gasteiger partial charge in [-0.05, 0) is 42.0 Å². The molecule has 1 heterocycles. The molecule has 0 radical (unpaired) electrons. The van der Waals surface area contributed by atoms with Crippen LogP contribution in [-0.2, 0) is 0 Å². The number of benzene rings is 3. The van der Waals surface area contributed by atoms with Crippen LogP contribution in [0.5, 0.6) is 11.5 Å². The lowest BCUT2D eigenvalue weighted by Gasteiger charge is -2.09. The molecule has 0 unspecified atom stereocenters. The van der Waals surface area contributed by atoms with Crippen molar-refractivity contribution in [2.75, 3.05) is 14.2 Å². The molecule has 0 spiro atoms. The Bertz CT molecular complexity index is 1250. The van der Waals surface area contributed by atoms with Gasteiger partial charge in [-0.2, -0.15) is 10.4 Å². The zero-order valence-electron chi connectivity index (χ0n) is 17.3. The Labute approximate surface area is 181 Å². The molecule has 0 aliphatic carbocycles. The van der Waals surface area contributed by atoms with E-state index in [4.69, 9.17) is 14.6 Å². The molecule has 0 N–H and O–H groups in total. The van der Waals surface area contributed by atoms with Crippen molar-refractivity contribution in [3.05, 3.63) is 96.2 Å². The zero-order chi connectivity index (χ0) is 21.6. The van der Waals surface area contributed by atoms with Crippen LogP contribution in [0.3, 0.4) is 0 Å². The molecule has 4 rings (SSSR count). The number of ether oxygens (including phenoxy) is 2. The van der Waals surface area contributed by atoms with Crippen LogP contribution in [0, 0.1) is 11.3 Å². The van der Waals surface area contributed by atoms with Crippen molar-refractivity contribution in [2.45, 2.75) is 0 Å². The highest BCUT2D eigenvalue weighted by atomic mass is 16.5. The van der Waals surface area contributed by atoms with Gasteiger partial charge in [-0.1, -0.05) is 48.5 Å². The minimum atomic E-state index is 0.505. The molecule has 0 saturated heterocycles. The highest BCUT2D eigenvalue weighted by Gasteiger charge is 2.14. The Balaban J connectivity index is 1.85. The van der Waals surface area contributed by atoms with Gasteiger partial charge >= 0.3 is 0 Å². The summed E-state index contributed by atoms with van der Waals surface area (Å²) >= 11 is 0. The minimum Gasteiger partial charge on any atom is -0.493 e. The van der Waals surface area contributed by atoms with E-state index in [-0.39, 0.29) is 0 Å². The topological polar surface area (TPSA) is 60.1 Å². The molecule has 0 saturated carbocycles. The Morgan fingerprint density at radius 3 is 2.23 bits per heavy atom. The van der Waals surface area contributed by atoms with E-state index in [2.05, 4.69) is 6.07 Å². The molecule has 0 aliphatic rings. The van der Waals surface area contributed by atoms with Crippen molar-refractivity contribution >= 4 is 11.6 Å². The fourth-order valence-electron chi connectivity index (χ4n) is 3.37. The van der Waals surface area contributed by atoms with Gasteiger partial charge in [0, 0.05) is 17.3 Å². The van der Waals surface area contributed by atoms with Crippen LogP contribution in [0.25, 0.3) is 28.6 Å². The molecule has 4 aromatic rings. The third-order valence-electron chi connectivity index (χ3n) is 4.93. The molecule has 0 atom stereocenters. The summed E-state index contributed by atoms with van der Waals surface area (Å²) in [4.78, 5) is 0. The van der Waals surface area contributed by atoms with Crippen molar-refractivity contribution in [2.24, 2.45) is 0 Å². The normalized spacial score (nSPS) is 11.1. The number of nitriles is 1. The van der Waals surface area contributed by atoms with Gasteiger partial charge in [0.25, 0.3) is 0 Å². The van der Waals surface area contributed by atoms with E-state index < -0.39 is 0 Å². The summed E-state index contributed by atoms with van der Waals surface area (Å²) in [6.07, 6.45) is 3.80. The van der Waals surface area contributed by atoms with Gasteiger partial charge in [-0.25, -0.2) is 4.68 Å². The molecule has 5 nitrogen and oxygen atoms in total. The van der Waals surface area contributed by atoms with Gasteiger partial charge in [0.05, 0.1) is 37.2 Å². The van der Waals surface area contributed by atoms with Gasteiger partial charge in [-0.3, -0.25) is 0 Å². The van der Waals surface area contributed by atoms with Crippen LogP contribution in [0.4, 0.5) is 0 Å². The second kappa shape index (κ2) is 9.02. The number of hydrogen-bond acceptors (Lipinski definition) is 4. The molecule has 31 heavy (non-hydrogen) atoms. The molecule has 0 bridgehead atoms. The number of rotatable bonds is 6. The number of allylic oxidation sites excluding steroid dienone is 1. The van der Waals surface area contributed by atoms with E-state index in [9.17, 15) is 5.26 Å². The summed E-state index contributed by atoms with van der Waals surface area (Å²) in [6, 6.07) is 27.6. The van der Waals surface area contributed by atoms with Crippen molar-refractivity contribution in [3.8, 4) is 34.5 Å². The predicted molar refractivity (Wildman–Crippen MR) is 122 cm³/mol. The second-order valence-electron chi connectivity index (χ2n) is 6.82. The molecular formula is C26H21N3O2. The maximum absolute atomic E-state index is 9.90. The number of aromatic nitrogens is 2. The molecule has 1 aromatic heterocycles. The van der Waals surface area contributed by atoms with Gasteiger partial charge in [0.2, 0.25) is 0 Å². The van der Waals surface area contributed by atoms with E-state index in [1.807, 2.05) is 83.7 Å². The lowest BCUT2D eigenvalue weighted by atomic mass is 10.0. The third-order valence-corrected chi connectivity index (χ3v) is 4.93. The summed E-state index contributed by atoms with van der Waals surface area (Å²) in [6.45, 7) is 0. The molecule has 0 amide bonds. The highest BCUT2D eigenvalue weighted by Crippen LogP contribution is 2.32. The van der Waals surface area contributed by atoms with Crippen LogP contribution < -0.4 is 9.47 Å². The van der Waals surface area contributed by atoms with E-state index in [1.54, 1.807) is 26.4 Å². The lowest BCUT2D eigenvalue weighted by Crippen LogP contribution is -1.93. The largest absolute Gasteiger partial charge is 0.493 e. The summed E-state index contributed by atoms with van der Waals surface area (Å²) in [5, 5.41) is 14.7. The van der Waals surface area contributed by atoms with Crippen LogP contribution in [-0.4, -0.2) is 24.0 Å². The Morgan fingerprint density at radius 1 is 0.903 bits per heavy atom. The maximum Gasteiger partial charge on any atom is 0.161 e. The Hall–Kier alpha value is -4.30. The number of hydrogen-bond donors (Lipinski definition) is 0. The lowest BCUT2D eigenvalue weighted by molar-refractivity contribution is 0.355. The standard InChI is InChI=1S/C26H21N3O2/c1-30-24-14-13-20(16-25(24)31-2)21(17-27)15-22-18-29(23-11-7-4-8-12-23)28-26(22)19-9-5-3-6-10-19/h3-16,18H,1-2H3/b21-15+. The fourth-order valence-corrected chi connectivity index (χ4v) is 3.37. The van der Waals surface area contributed by atoms with Crippen LogP contribution in [0.1, 0.15) is 11.1 Å². The predicted octanol–water partition coefficient (Wildman–Crippen LogP) is 5.62. The quantitative estimate of drug-likeness (QED) is 0.389. The van der Waals surface area contributed by atoms with Crippen molar-refractivity contribution in [1.29, 1.82) is 5.26 Å². The highest BCUT2D eigenvalue weighted by molar-refractivity contribution is 5.92. The molecule has 5 heteroatoms. The van der Waals surface area contributed by atoms with Crippen molar-refractivity contribution in [1.82, 2.24) is 9.78 Å². The first kappa shape index (κ1) is 20.0. The average molecular weight is 407 g/mol. The Kier molecular flexibility index (Phi) is 5.82.